The number of aromatic nitrogens is 2. The van der Waals surface area contributed by atoms with E-state index in [0.29, 0.717) is 5.89 Å². The molecule has 66 valence electrons. The first-order valence-electron chi connectivity index (χ1n) is 4.11. The van der Waals surface area contributed by atoms with Gasteiger partial charge in [-0.1, -0.05) is 17.7 Å². The van der Waals surface area contributed by atoms with Gasteiger partial charge in [-0.3, -0.25) is 0 Å². The van der Waals surface area contributed by atoms with Gasteiger partial charge in [-0.25, -0.2) is 0 Å². The maximum absolute atomic E-state index is 5.13. The van der Waals surface area contributed by atoms with E-state index in [9.17, 15) is 0 Å². The molecule has 0 atom stereocenters. The van der Waals surface area contributed by atoms with E-state index in [1.807, 2.05) is 19.9 Å². The molecule has 3 nitrogen and oxygen atoms in total. The van der Waals surface area contributed by atoms with Crippen LogP contribution in [-0.4, -0.2) is 10.2 Å². The minimum atomic E-state index is 0.584. The van der Waals surface area contributed by atoms with Gasteiger partial charge in [0, 0.05) is 5.56 Å². The summed E-state index contributed by atoms with van der Waals surface area (Å²) < 4.78 is 5.13. The molecule has 0 aliphatic heterocycles. The van der Waals surface area contributed by atoms with E-state index in [1.165, 1.54) is 12.0 Å². The third-order valence-corrected chi connectivity index (χ3v) is 1.98. The molecule has 0 N–H and O–H groups in total. The number of benzene rings is 1. The highest BCUT2D eigenvalue weighted by molar-refractivity contribution is 5.58. The van der Waals surface area contributed by atoms with Crippen LogP contribution in [0.2, 0.25) is 0 Å². The molecule has 0 radical (unpaired) electrons. The molecule has 2 aromatic rings. The maximum Gasteiger partial charge on any atom is 0.247 e. The molecule has 13 heavy (non-hydrogen) atoms. The van der Waals surface area contributed by atoms with Crippen LogP contribution in [0.1, 0.15) is 11.1 Å². The fraction of sp³-hybridized carbons (Fsp3) is 0.200. The lowest BCUT2D eigenvalue weighted by Crippen LogP contribution is -1.84. The molecule has 0 aliphatic carbocycles. The third kappa shape index (κ3) is 1.45. The Balaban J connectivity index is 2.57. The predicted octanol–water partition coefficient (Wildman–Crippen LogP) is 2.35. The van der Waals surface area contributed by atoms with Gasteiger partial charge in [0.05, 0.1) is 0 Å². The van der Waals surface area contributed by atoms with Crippen molar-refractivity contribution in [2.45, 2.75) is 13.8 Å². The van der Waals surface area contributed by atoms with Gasteiger partial charge in [-0.15, -0.1) is 10.2 Å². The van der Waals surface area contributed by atoms with Crippen molar-refractivity contribution in [2.75, 3.05) is 0 Å². The average Bonchev–Trinajstić information content (AvgIpc) is 2.61. The van der Waals surface area contributed by atoms with Crippen LogP contribution in [0, 0.1) is 13.8 Å². The summed E-state index contributed by atoms with van der Waals surface area (Å²) in [5.41, 5.74) is 3.35. The number of hydrogen-bond donors (Lipinski definition) is 0. The van der Waals surface area contributed by atoms with E-state index in [0.717, 1.165) is 11.1 Å². The highest BCUT2D eigenvalue weighted by atomic mass is 16.4. The van der Waals surface area contributed by atoms with Crippen LogP contribution in [0.4, 0.5) is 0 Å². The molecule has 1 aromatic carbocycles. The lowest BCUT2D eigenvalue weighted by Gasteiger charge is -2.01. The molecule has 0 spiro atoms. The first kappa shape index (κ1) is 7.98. The normalized spacial score (nSPS) is 10.3. The predicted molar refractivity (Wildman–Crippen MR) is 49.2 cm³/mol. The topological polar surface area (TPSA) is 38.9 Å². The van der Waals surface area contributed by atoms with E-state index in [-0.39, 0.29) is 0 Å². The molecular weight excluding hydrogens is 164 g/mol. The van der Waals surface area contributed by atoms with Gasteiger partial charge in [0.1, 0.15) is 0 Å². The molecule has 0 aliphatic rings. The van der Waals surface area contributed by atoms with Crippen molar-refractivity contribution in [3.63, 3.8) is 0 Å². The monoisotopic (exact) mass is 174 g/mol. The van der Waals surface area contributed by atoms with Crippen LogP contribution < -0.4 is 0 Å². The Kier molecular flexibility index (Phi) is 1.85. The van der Waals surface area contributed by atoms with Gasteiger partial charge in [-0.2, -0.15) is 0 Å². The molecule has 2 rings (SSSR count). The highest BCUT2D eigenvalue weighted by Gasteiger charge is 2.06. The molecule has 0 bridgehead atoms. The molecule has 0 saturated carbocycles. The first-order chi connectivity index (χ1) is 6.27. The maximum atomic E-state index is 5.13. The van der Waals surface area contributed by atoms with Crippen LogP contribution in [0.5, 0.6) is 0 Å². The first-order valence-corrected chi connectivity index (χ1v) is 4.11. The molecule has 1 aromatic heterocycles. The van der Waals surface area contributed by atoms with Crippen LogP contribution in [-0.2, 0) is 0 Å². The van der Waals surface area contributed by atoms with Crippen LogP contribution >= 0.6 is 0 Å². The van der Waals surface area contributed by atoms with Crippen molar-refractivity contribution in [1.82, 2.24) is 10.2 Å². The number of nitrogens with zero attached hydrogens (tertiary/aromatic N) is 2. The Labute approximate surface area is 76.4 Å². The highest BCUT2D eigenvalue weighted by Crippen LogP contribution is 2.21. The van der Waals surface area contributed by atoms with E-state index < -0.39 is 0 Å². The van der Waals surface area contributed by atoms with Crippen molar-refractivity contribution in [3.05, 3.63) is 35.7 Å². The SMILES string of the molecule is Cc1ccc(C)c(-c2nnco2)c1. The van der Waals surface area contributed by atoms with Gasteiger partial charge in [0.2, 0.25) is 12.3 Å². The number of aryl methyl sites for hydroxylation is 2. The molecule has 0 amide bonds. The van der Waals surface area contributed by atoms with Gasteiger partial charge in [0.25, 0.3) is 0 Å². The van der Waals surface area contributed by atoms with E-state index >= 15 is 0 Å². The van der Waals surface area contributed by atoms with Crippen molar-refractivity contribution in [3.8, 4) is 11.5 Å². The quantitative estimate of drug-likeness (QED) is 0.666. The molecule has 0 unspecified atom stereocenters. The summed E-state index contributed by atoms with van der Waals surface area (Å²) in [4.78, 5) is 0. The summed E-state index contributed by atoms with van der Waals surface area (Å²) in [6.45, 7) is 4.07. The summed E-state index contributed by atoms with van der Waals surface area (Å²) in [5.74, 6) is 0.584. The zero-order valence-corrected chi connectivity index (χ0v) is 7.61. The molecule has 0 fully saturated rings. The number of rotatable bonds is 1. The number of hydrogen-bond acceptors (Lipinski definition) is 3. The van der Waals surface area contributed by atoms with Crippen molar-refractivity contribution in [2.24, 2.45) is 0 Å². The molecular formula is C10H10N2O. The lowest BCUT2D eigenvalue weighted by atomic mass is 10.1. The van der Waals surface area contributed by atoms with Crippen LogP contribution in [0.3, 0.4) is 0 Å². The summed E-state index contributed by atoms with van der Waals surface area (Å²) in [7, 11) is 0. The second kappa shape index (κ2) is 3.01. The van der Waals surface area contributed by atoms with E-state index in [1.54, 1.807) is 0 Å². The van der Waals surface area contributed by atoms with Gasteiger partial charge in [0.15, 0.2) is 0 Å². The van der Waals surface area contributed by atoms with Crippen molar-refractivity contribution in [1.29, 1.82) is 0 Å². The Hall–Kier alpha value is -1.64. The largest absolute Gasteiger partial charge is 0.423 e. The van der Waals surface area contributed by atoms with Gasteiger partial charge >= 0.3 is 0 Å². The van der Waals surface area contributed by atoms with E-state index in [2.05, 4.69) is 22.3 Å². The van der Waals surface area contributed by atoms with E-state index in [4.69, 9.17) is 4.42 Å². The van der Waals surface area contributed by atoms with Crippen LogP contribution in [0.25, 0.3) is 11.5 Å². The summed E-state index contributed by atoms with van der Waals surface area (Å²) in [6, 6.07) is 6.16. The summed E-state index contributed by atoms with van der Waals surface area (Å²) in [6.07, 6.45) is 1.34. The summed E-state index contributed by atoms with van der Waals surface area (Å²) in [5, 5.41) is 7.52. The molecule has 3 heteroatoms. The van der Waals surface area contributed by atoms with Crippen LogP contribution in [0.15, 0.2) is 29.0 Å². The second-order valence-corrected chi connectivity index (χ2v) is 3.06. The average molecular weight is 174 g/mol. The molecule has 1 heterocycles. The summed E-state index contributed by atoms with van der Waals surface area (Å²) >= 11 is 0. The zero-order valence-electron chi connectivity index (χ0n) is 7.61. The Morgan fingerprint density at radius 3 is 2.77 bits per heavy atom. The Morgan fingerprint density at radius 1 is 1.23 bits per heavy atom. The van der Waals surface area contributed by atoms with Gasteiger partial charge < -0.3 is 4.42 Å². The minimum absolute atomic E-state index is 0.584. The van der Waals surface area contributed by atoms with Gasteiger partial charge in [-0.05, 0) is 25.5 Å². The Bertz CT molecular complexity index is 407. The second-order valence-electron chi connectivity index (χ2n) is 3.06. The third-order valence-electron chi connectivity index (χ3n) is 1.98. The standard InChI is InChI=1S/C10H10N2O/c1-7-3-4-8(2)9(5-7)10-12-11-6-13-10/h3-6H,1-2H3. The molecule has 0 saturated heterocycles. The van der Waals surface area contributed by atoms with Crippen molar-refractivity contribution >= 4 is 0 Å². The zero-order chi connectivity index (χ0) is 9.26. The fourth-order valence-corrected chi connectivity index (χ4v) is 1.26. The lowest BCUT2D eigenvalue weighted by molar-refractivity contribution is 0.568. The van der Waals surface area contributed by atoms with Crippen molar-refractivity contribution < 1.29 is 4.42 Å². The fourth-order valence-electron chi connectivity index (χ4n) is 1.26. The Morgan fingerprint density at radius 2 is 2.08 bits per heavy atom. The smallest absolute Gasteiger partial charge is 0.247 e. The minimum Gasteiger partial charge on any atom is -0.423 e.